The van der Waals surface area contributed by atoms with Crippen molar-refractivity contribution in [1.29, 1.82) is 0 Å². The van der Waals surface area contributed by atoms with E-state index >= 15 is 0 Å². The first-order valence-corrected chi connectivity index (χ1v) is 12.5. The van der Waals surface area contributed by atoms with Crippen LogP contribution < -0.4 is 4.90 Å². The minimum absolute atomic E-state index is 0.808. The average Bonchev–Trinajstić information content (AvgIpc) is 3.45. The highest BCUT2D eigenvalue weighted by Crippen LogP contribution is 2.27. The quantitative estimate of drug-likeness (QED) is 0.728. The Morgan fingerprint density at radius 2 is 1.63 bits per heavy atom. The molecule has 0 bridgehead atoms. The van der Waals surface area contributed by atoms with E-state index in [9.17, 15) is 0 Å². The van der Waals surface area contributed by atoms with Gasteiger partial charge in [-0.3, -0.25) is 9.47 Å². The lowest BCUT2D eigenvalue weighted by molar-refractivity contribution is 0.0889. The lowest BCUT2D eigenvalue weighted by Crippen LogP contribution is -2.46. The summed E-state index contributed by atoms with van der Waals surface area (Å²) in [5.41, 5.74) is 1.33. The zero-order chi connectivity index (χ0) is 20.3. The van der Waals surface area contributed by atoms with Gasteiger partial charge in [-0.15, -0.1) is 10.2 Å². The van der Waals surface area contributed by atoms with Crippen LogP contribution in [0.4, 0.5) is 5.13 Å². The number of rotatable bonds is 5. The molecule has 3 saturated heterocycles. The summed E-state index contributed by atoms with van der Waals surface area (Å²) in [7, 11) is 2.18. The number of aromatic nitrogens is 3. The van der Waals surface area contributed by atoms with Gasteiger partial charge in [0.15, 0.2) is 0 Å². The Morgan fingerprint density at radius 3 is 2.40 bits per heavy atom. The van der Waals surface area contributed by atoms with Gasteiger partial charge < -0.3 is 14.7 Å². The smallest absolute Gasteiger partial charge is 0.218 e. The standard InChI is InChI=1S/C22H35N7S/c1-25-14-16-28(17-15-25)21-23-24-22(30-21)29-11-5-6-20(29)18-26-12-7-19(8-13-26)27-9-3-2-4-10-27/h5-6,11,19H,2-4,7-10,12-18H2,1H3. The number of likely N-dealkylation sites (N-methyl/N-ethyl adjacent to an activating group) is 1. The largest absolute Gasteiger partial charge is 0.344 e. The molecule has 0 unspecified atom stereocenters. The Kier molecular flexibility index (Phi) is 6.36. The Balaban J connectivity index is 1.19. The molecule has 3 fully saturated rings. The fourth-order valence-corrected chi connectivity index (χ4v) is 6.03. The van der Waals surface area contributed by atoms with Crippen molar-refractivity contribution in [2.45, 2.75) is 44.7 Å². The molecule has 164 valence electrons. The predicted molar refractivity (Wildman–Crippen MR) is 123 cm³/mol. The number of anilines is 1. The number of hydrogen-bond acceptors (Lipinski definition) is 7. The van der Waals surface area contributed by atoms with E-state index < -0.39 is 0 Å². The van der Waals surface area contributed by atoms with E-state index in [0.717, 1.165) is 49.0 Å². The fraction of sp³-hybridized carbons (Fsp3) is 0.727. The summed E-state index contributed by atoms with van der Waals surface area (Å²) in [4.78, 5) is 10.1. The Morgan fingerprint density at radius 1 is 0.900 bits per heavy atom. The van der Waals surface area contributed by atoms with Crippen LogP contribution in [0.25, 0.3) is 5.13 Å². The van der Waals surface area contributed by atoms with Gasteiger partial charge in [-0.1, -0.05) is 17.8 Å². The number of nitrogens with zero attached hydrogens (tertiary/aromatic N) is 7. The van der Waals surface area contributed by atoms with E-state index in [4.69, 9.17) is 0 Å². The minimum Gasteiger partial charge on any atom is -0.344 e. The molecule has 0 aliphatic carbocycles. The Bertz CT molecular complexity index is 796. The van der Waals surface area contributed by atoms with Crippen molar-refractivity contribution in [3.8, 4) is 5.13 Å². The van der Waals surface area contributed by atoms with Crippen LogP contribution >= 0.6 is 11.3 Å². The van der Waals surface area contributed by atoms with Crippen LogP contribution in [-0.4, -0.2) is 94.9 Å². The highest BCUT2D eigenvalue weighted by atomic mass is 32.1. The monoisotopic (exact) mass is 429 g/mol. The Hall–Kier alpha value is -1.48. The van der Waals surface area contributed by atoms with Crippen molar-refractivity contribution in [2.75, 3.05) is 64.3 Å². The first kappa shape index (κ1) is 20.4. The minimum atomic E-state index is 0.808. The lowest BCUT2D eigenvalue weighted by Gasteiger charge is -2.40. The third kappa shape index (κ3) is 4.56. The van der Waals surface area contributed by atoms with Gasteiger partial charge in [0.1, 0.15) is 0 Å². The maximum atomic E-state index is 4.53. The summed E-state index contributed by atoms with van der Waals surface area (Å²) in [6, 6.07) is 5.20. The van der Waals surface area contributed by atoms with E-state index in [-0.39, 0.29) is 0 Å². The summed E-state index contributed by atoms with van der Waals surface area (Å²) in [6.07, 6.45) is 8.98. The maximum Gasteiger partial charge on any atom is 0.218 e. The molecule has 0 aromatic carbocycles. The van der Waals surface area contributed by atoms with Crippen LogP contribution in [0.3, 0.4) is 0 Å². The van der Waals surface area contributed by atoms with E-state index in [1.807, 2.05) is 0 Å². The van der Waals surface area contributed by atoms with E-state index in [1.54, 1.807) is 11.3 Å². The van der Waals surface area contributed by atoms with E-state index in [1.165, 1.54) is 64.0 Å². The van der Waals surface area contributed by atoms with Crippen LogP contribution in [-0.2, 0) is 6.54 Å². The van der Waals surface area contributed by atoms with Gasteiger partial charge in [-0.05, 0) is 58.0 Å². The van der Waals surface area contributed by atoms with Gasteiger partial charge in [0.05, 0.1) is 0 Å². The van der Waals surface area contributed by atoms with Crippen molar-refractivity contribution < 1.29 is 0 Å². The molecule has 0 N–H and O–H groups in total. The molecular formula is C22H35N7S. The summed E-state index contributed by atoms with van der Waals surface area (Å²) in [5.74, 6) is 0. The summed E-state index contributed by atoms with van der Waals surface area (Å²) in [5, 5.41) is 11.1. The number of piperidine rings is 2. The third-order valence-electron chi connectivity index (χ3n) is 7.07. The molecule has 0 radical (unpaired) electrons. The van der Waals surface area contributed by atoms with E-state index in [0.29, 0.717) is 0 Å². The molecule has 8 heteroatoms. The zero-order valence-electron chi connectivity index (χ0n) is 18.2. The van der Waals surface area contributed by atoms with Crippen molar-refractivity contribution in [3.63, 3.8) is 0 Å². The number of piperazine rings is 1. The van der Waals surface area contributed by atoms with Gasteiger partial charge in [0.25, 0.3) is 0 Å². The molecule has 0 amide bonds. The topological polar surface area (TPSA) is 43.7 Å². The first-order chi connectivity index (χ1) is 14.8. The SMILES string of the molecule is CN1CCN(c2nnc(-n3cccc3CN3CCC(N4CCCCC4)CC3)s2)CC1. The molecule has 5 heterocycles. The fourth-order valence-electron chi connectivity index (χ4n) is 5.12. The second-order valence-electron chi connectivity index (χ2n) is 9.13. The lowest BCUT2D eigenvalue weighted by atomic mass is 10.00. The highest BCUT2D eigenvalue weighted by molar-refractivity contribution is 7.17. The van der Waals surface area contributed by atoms with Crippen LogP contribution in [0.5, 0.6) is 0 Å². The number of likely N-dealkylation sites (tertiary alicyclic amines) is 2. The molecule has 0 atom stereocenters. The summed E-state index contributed by atoms with van der Waals surface area (Å²) < 4.78 is 2.24. The first-order valence-electron chi connectivity index (χ1n) is 11.7. The second kappa shape index (κ2) is 9.34. The van der Waals surface area contributed by atoms with Crippen LogP contribution in [0.2, 0.25) is 0 Å². The normalized spacial score (nSPS) is 23.3. The highest BCUT2D eigenvalue weighted by Gasteiger charge is 2.26. The molecule has 3 aliphatic heterocycles. The molecule has 3 aliphatic rings. The van der Waals surface area contributed by atoms with Crippen molar-refractivity contribution >= 4 is 16.5 Å². The van der Waals surface area contributed by atoms with Gasteiger partial charge in [0.2, 0.25) is 10.3 Å². The molecule has 2 aromatic heterocycles. The summed E-state index contributed by atoms with van der Waals surface area (Å²) >= 11 is 1.72. The van der Waals surface area contributed by atoms with Crippen LogP contribution in [0, 0.1) is 0 Å². The molecule has 5 rings (SSSR count). The van der Waals surface area contributed by atoms with E-state index in [2.05, 4.69) is 59.7 Å². The summed E-state index contributed by atoms with van der Waals surface area (Å²) in [6.45, 7) is 10.3. The molecule has 7 nitrogen and oxygen atoms in total. The average molecular weight is 430 g/mol. The zero-order valence-corrected chi connectivity index (χ0v) is 19.1. The van der Waals surface area contributed by atoms with Gasteiger partial charge >= 0.3 is 0 Å². The molecule has 0 saturated carbocycles. The predicted octanol–water partition coefficient (Wildman–Crippen LogP) is 2.53. The third-order valence-corrected chi connectivity index (χ3v) is 8.05. The maximum absolute atomic E-state index is 4.53. The van der Waals surface area contributed by atoms with Crippen molar-refractivity contribution in [3.05, 3.63) is 24.0 Å². The number of hydrogen-bond donors (Lipinski definition) is 0. The Labute approximate surface area is 184 Å². The molecule has 2 aromatic rings. The second-order valence-corrected chi connectivity index (χ2v) is 10.1. The van der Waals surface area contributed by atoms with Gasteiger partial charge in [-0.25, -0.2) is 0 Å². The van der Waals surface area contributed by atoms with Crippen molar-refractivity contribution in [2.24, 2.45) is 0 Å². The van der Waals surface area contributed by atoms with Crippen LogP contribution in [0.1, 0.15) is 37.8 Å². The van der Waals surface area contributed by atoms with Gasteiger partial charge in [-0.2, -0.15) is 0 Å². The molecule has 0 spiro atoms. The molecule has 30 heavy (non-hydrogen) atoms. The van der Waals surface area contributed by atoms with Gasteiger partial charge in [0, 0.05) is 63.7 Å². The molecular weight excluding hydrogens is 394 g/mol. The van der Waals surface area contributed by atoms with Crippen molar-refractivity contribution in [1.82, 2.24) is 29.5 Å². The van der Waals surface area contributed by atoms with Crippen LogP contribution in [0.15, 0.2) is 18.3 Å².